The van der Waals surface area contributed by atoms with Crippen LogP contribution in [0.1, 0.15) is 17.3 Å². The average molecular weight is 357 g/mol. The van der Waals surface area contributed by atoms with Crippen molar-refractivity contribution in [3.8, 4) is 0 Å². The van der Waals surface area contributed by atoms with Crippen molar-refractivity contribution in [1.29, 1.82) is 0 Å². The summed E-state index contributed by atoms with van der Waals surface area (Å²) in [5.41, 5.74) is 0.448. The molecular formula is C15H17ClN2O4S. The van der Waals surface area contributed by atoms with E-state index in [-0.39, 0.29) is 11.8 Å². The Balaban J connectivity index is 2.16. The smallest absolute Gasteiger partial charge is 0.326 e. The minimum Gasteiger partial charge on any atom is -0.480 e. The van der Waals surface area contributed by atoms with Crippen molar-refractivity contribution >= 4 is 41.1 Å². The van der Waals surface area contributed by atoms with Gasteiger partial charge in [-0.15, -0.1) is 11.8 Å². The monoisotopic (exact) mass is 356 g/mol. The molecule has 0 saturated carbocycles. The van der Waals surface area contributed by atoms with Gasteiger partial charge in [0.25, 0.3) is 5.91 Å². The van der Waals surface area contributed by atoms with Crippen molar-refractivity contribution in [2.24, 2.45) is 0 Å². The van der Waals surface area contributed by atoms with Gasteiger partial charge >= 0.3 is 5.97 Å². The van der Waals surface area contributed by atoms with Crippen molar-refractivity contribution in [3.63, 3.8) is 0 Å². The van der Waals surface area contributed by atoms with Gasteiger partial charge < -0.3 is 14.9 Å². The Bertz CT molecular complexity index is 622. The lowest BCUT2D eigenvalue weighted by Crippen LogP contribution is -2.51. The van der Waals surface area contributed by atoms with Gasteiger partial charge in [-0.1, -0.05) is 11.6 Å². The van der Waals surface area contributed by atoms with E-state index in [2.05, 4.69) is 0 Å². The molecule has 1 aromatic rings. The highest BCUT2D eigenvalue weighted by Gasteiger charge is 2.38. The first-order chi connectivity index (χ1) is 10.8. The number of likely N-dealkylation sites (N-methyl/N-ethyl adjacent to an activating group) is 1. The first kappa shape index (κ1) is 17.6. The fourth-order valence-electron chi connectivity index (χ4n) is 2.20. The Kier molecular flexibility index (Phi) is 5.54. The number of aliphatic carboxylic acids is 1. The summed E-state index contributed by atoms with van der Waals surface area (Å²) in [4.78, 5) is 38.8. The van der Waals surface area contributed by atoms with Crippen molar-refractivity contribution in [2.45, 2.75) is 19.0 Å². The van der Waals surface area contributed by atoms with E-state index < -0.39 is 18.1 Å². The number of benzene rings is 1. The number of carbonyl (C=O) groups is 3. The standard InChI is InChI=1S/C15H17ClN2O4S/c1-9(15(21)22)17(2)14(20)12-7-23-8-18(12)13(19)10-3-5-11(16)6-4-10/h3-6,9,12H,7-8H2,1-2H3,(H,21,22). The zero-order valence-corrected chi connectivity index (χ0v) is 14.3. The second-order valence-corrected chi connectivity index (χ2v) is 6.70. The Morgan fingerprint density at radius 2 is 1.96 bits per heavy atom. The van der Waals surface area contributed by atoms with E-state index in [9.17, 15) is 14.4 Å². The molecule has 23 heavy (non-hydrogen) atoms. The SMILES string of the molecule is CC(C(=O)O)N(C)C(=O)C1CSCN1C(=O)c1ccc(Cl)cc1. The van der Waals surface area contributed by atoms with E-state index >= 15 is 0 Å². The van der Waals surface area contributed by atoms with Gasteiger partial charge in [0.1, 0.15) is 12.1 Å². The lowest BCUT2D eigenvalue weighted by molar-refractivity contribution is -0.149. The molecule has 8 heteroatoms. The minimum atomic E-state index is -1.08. The van der Waals surface area contributed by atoms with Gasteiger partial charge in [-0.2, -0.15) is 0 Å². The van der Waals surface area contributed by atoms with Gasteiger partial charge in [-0.3, -0.25) is 9.59 Å². The fraction of sp³-hybridized carbons (Fsp3) is 0.400. The van der Waals surface area contributed by atoms with Crippen molar-refractivity contribution in [2.75, 3.05) is 18.7 Å². The molecule has 124 valence electrons. The van der Waals surface area contributed by atoms with Crippen LogP contribution < -0.4 is 0 Å². The fourth-order valence-corrected chi connectivity index (χ4v) is 3.47. The van der Waals surface area contributed by atoms with E-state index in [0.29, 0.717) is 22.2 Å². The summed E-state index contributed by atoms with van der Waals surface area (Å²) < 4.78 is 0. The zero-order chi connectivity index (χ0) is 17.1. The maximum Gasteiger partial charge on any atom is 0.326 e. The molecule has 1 heterocycles. The van der Waals surface area contributed by atoms with Crippen LogP contribution in [0.3, 0.4) is 0 Å². The molecule has 0 spiro atoms. The van der Waals surface area contributed by atoms with E-state index in [1.807, 2.05) is 0 Å². The van der Waals surface area contributed by atoms with Crippen LogP contribution >= 0.6 is 23.4 Å². The number of hydrogen-bond donors (Lipinski definition) is 1. The summed E-state index contributed by atoms with van der Waals surface area (Å²) >= 11 is 7.28. The maximum absolute atomic E-state index is 12.6. The molecule has 1 aliphatic heterocycles. The number of hydrogen-bond acceptors (Lipinski definition) is 4. The average Bonchev–Trinajstić information content (AvgIpc) is 3.02. The third-order valence-electron chi connectivity index (χ3n) is 3.81. The highest BCUT2D eigenvalue weighted by Crippen LogP contribution is 2.25. The van der Waals surface area contributed by atoms with Crippen LogP contribution in [0.2, 0.25) is 5.02 Å². The third-order valence-corrected chi connectivity index (χ3v) is 5.07. The Morgan fingerprint density at radius 1 is 1.35 bits per heavy atom. The van der Waals surface area contributed by atoms with Crippen LogP contribution in [0.5, 0.6) is 0 Å². The number of carboxylic acids is 1. The summed E-state index contributed by atoms with van der Waals surface area (Å²) in [6.45, 7) is 1.44. The number of carbonyl (C=O) groups excluding carboxylic acids is 2. The van der Waals surface area contributed by atoms with Crippen LogP contribution in [0.4, 0.5) is 0 Å². The molecule has 1 fully saturated rings. The molecule has 1 aliphatic rings. The summed E-state index contributed by atoms with van der Waals surface area (Å²) in [6, 6.07) is 4.86. The van der Waals surface area contributed by atoms with E-state index in [0.717, 1.165) is 0 Å². The number of nitrogens with zero attached hydrogens (tertiary/aromatic N) is 2. The van der Waals surface area contributed by atoms with E-state index in [1.54, 1.807) is 24.3 Å². The molecule has 2 unspecified atom stereocenters. The van der Waals surface area contributed by atoms with Crippen LogP contribution in [0.15, 0.2) is 24.3 Å². The summed E-state index contributed by atoms with van der Waals surface area (Å²) in [5, 5.41) is 9.56. The summed E-state index contributed by atoms with van der Waals surface area (Å²) in [5.74, 6) is -0.863. The predicted octanol–water partition coefficient (Wildman–Crippen LogP) is 1.79. The van der Waals surface area contributed by atoms with Gasteiger partial charge in [-0.05, 0) is 31.2 Å². The lowest BCUT2D eigenvalue weighted by Gasteiger charge is -2.29. The molecule has 0 aromatic heterocycles. The molecule has 2 amide bonds. The van der Waals surface area contributed by atoms with Crippen LogP contribution in [-0.2, 0) is 9.59 Å². The molecule has 0 aliphatic carbocycles. The normalized spacial score (nSPS) is 18.6. The van der Waals surface area contributed by atoms with Crippen LogP contribution in [0, 0.1) is 0 Å². The number of halogens is 1. The maximum atomic E-state index is 12.6. The van der Waals surface area contributed by atoms with Crippen molar-refractivity contribution in [1.82, 2.24) is 9.80 Å². The molecule has 1 saturated heterocycles. The second-order valence-electron chi connectivity index (χ2n) is 5.26. The van der Waals surface area contributed by atoms with Crippen molar-refractivity contribution < 1.29 is 19.5 Å². The zero-order valence-electron chi connectivity index (χ0n) is 12.7. The quantitative estimate of drug-likeness (QED) is 0.889. The highest BCUT2D eigenvalue weighted by atomic mass is 35.5. The van der Waals surface area contributed by atoms with E-state index in [4.69, 9.17) is 16.7 Å². The molecular weight excluding hydrogens is 340 g/mol. The Labute approximate surface area is 143 Å². The molecule has 1 N–H and O–H groups in total. The first-order valence-corrected chi connectivity index (χ1v) is 8.50. The summed E-state index contributed by atoms with van der Waals surface area (Å²) in [7, 11) is 1.44. The largest absolute Gasteiger partial charge is 0.480 e. The first-order valence-electron chi connectivity index (χ1n) is 6.96. The summed E-state index contributed by atoms with van der Waals surface area (Å²) in [6.07, 6.45) is 0. The van der Waals surface area contributed by atoms with Crippen molar-refractivity contribution in [3.05, 3.63) is 34.9 Å². The number of amides is 2. The van der Waals surface area contributed by atoms with Crippen LogP contribution in [0.25, 0.3) is 0 Å². The minimum absolute atomic E-state index is 0.263. The molecule has 0 bridgehead atoms. The Morgan fingerprint density at radius 3 is 2.52 bits per heavy atom. The van der Waals surface area contributed by atoms with Gasteiger partial charge in [-0.25, -0.2) is 4.79 Å². The number of rotatable bonds is 4. The van der Waals surface area contributed by atoms with Gasteiger partial charge in [0.05, 0.1) is 5.88 Å². The third kappa shape index (κ3) is 3.79. The van der Waals surface area contributed by atoms with Gasteiger partial charge in [0, 0.05) is 23.4 Å². The van der Waals surface area contributed by atoms with Gasteiger partial charge in [0.2, 0.25) is 5.91 Å². The number of thioether (sulfide) groups is 1. The molecule has 6 nitrogen and oxygen atoms in total. The molecule has 2 rings (SSSR count). The predicted molar refractivity (Wildman–Crippen MR) is 88.6 cm³/mol. The molecule has 0 radical (unpaired) electrons. The topological polar surface area (TPSA) is 77.9 Å². The second kappa shape index (κ2) is 7.23. The molecule has 2 atom stereocenters. The van der Waals surface area contributed by atoms with E-state index in [1.165, 1.54) is 35.5 Å². The highest BCUT2D eigenvalue weighted by molar-refractivity contribution is 7.99. The lowest BCUT2D eigenvalue weighted by atomic mass is 10.1. The Hall–Kier alpha value is -1.73. The van der Waals surface area contributed by atoms with Crippen LogP contribution in [-0.4, -0.2) is 63.5 Å². The van der Waals surface area contributed by atoms with Gasteiger partial charge in [0.15, 0.2) is 0 Å². The number of carboxylic acid groups (broad SMARTS) is 1. The molecule has 1 aromatic carbocycles.